The van der Waals surface area contributed by atoms with Gasteiger partial charge in [-0.2, -0.15) is 0 Å². The molecule has 2 N–H and O–H groups in total. The number of rotatable bonds is 3. The molecule has 1 aliphatic rings. The standard InChI is InChI=1S/C14H20N2O2.ClH/c1-14(8-3-4-9-15-14)13(17)16-11-6-5-7-12(10-11)18-2;/h5-7,10,15H,3-4,8-9H2,1-2H3,(H,16,17);1H. The first-order valence-corrected chi connectivity index (χ1v) is 6.34. The molecule has 1 amide bonds. The van der Waals surface area contributed by atoms with E-state index in [9.17, 15) is 4.79 Å². The van der Waals surface area contributed by atoms with E-state index in [-0.39, 0.29) is 18.3 Å². The van der Waals surface area contributed by atoms with E-state index in [0.29, 0.717) is 0 Å². The predicted molar refractivity (Wildman–Crippen MR) is 79.1 cm³/mol. The zero-order valence-electron chi connectivity index (χ0n) is 11.4. The molecule has 106 valence electrons. The van der Waals surface area contributed by atoms with Gasteiger partial charge in [-0.25, -0.2) is 0 Å². The largest absolute Gasteiger partial charge is 0.497 e. The second kappa shape index (κ2) is 6.78. The molecule has 1 saturated heterocycles. The van der Waals surface area contributed by atoms with Crippen LogP contribution < -0.4 is 15.4 Å². The highest BCUT2D eigenvalue weighted by molar-refractivity contribution is 5.98. The first-order valence-electron chi connectivity index (χ1n) is 6.34. The second-order valence-corrected chi connectivity index (χ2v) is 4.90. The number of methoxy groups -OCH3 is 1. The van der Waals surface area contributed by atoms with Gasteiger partial charge >= 0.3 is 0 Å². The van der Waals surface area contributed by atoms with Gasteiger partial charge in [-0.3, -0.25) is 4.79 Å². The molecule has 2 rings (SSSR count). The SMILES string of the molecule is COc1cccc(NC(=O)C2(C)CCCCN2)c1.Cl. The number of anilines is 1. The summed E-state index contributed by atoms with van der Waals surface area (Å²) >= 11 is 0. The van der Waals surface area contributed by atoms with Crippen LogP contribution in [0.3, 0.4) is 0 Å². The average molecular weight is 285 g/mol. The molecule has 1 aromatic carbocycles. The summed E-state index contributed by atoms with van der Waals surface area (Å²) in [6, 6.07) is 7.41. The molecular formula is C14H21ClN2O2. The maximum atomic E-state index is 12.3. The van der Waals surface area contributed by atoms with Gasteiger partial charge in [0.15, 0.2) is 0 Å². The van der Waals surface area contributed by atoms with Crippen LogP contribution in [0.25, 0.3) is 0 Å². The molecule has 0 aliphatic carbocycles. The van der Waals surface area contributed by atoms with Crippen LogP contribution in [-0.2, 0) is 4.79 Å². The summed E-state index contributed by atoms with van der Waals surface area (Å²) in [5.74, 6) is 0.769. The van der Waals surface area contributed by atoms with Gasteiger partial charge < -0.3 is 15.4 Å². The van der Waals surface area contributed by atoms with Crippen LogP contribution in [0.5, 0.6) is 5.75 Å². The second-order valence-electron chi connectivity index (χ2n) is 4.90. The number of benzene rings is 1. The van der Waals surface area contributed by atoms with Gasteiger partial charge in [0.25, 0.3) is 0 Å². The number of carbonyl (C=O) groups excluding carboxylic acids is 1. The van der Waals surface area contributed by atoms with Gasteiger partial charge in [-0.05, 0) is 44.9 Å². The first kappa shape index (κ1) is 15.8. The quantitative estimate of drug-likeness (QED) is 0.897. The zero-order chi connectivity index (χ0) is 13.0. The molecule has 1 unspecified atom stereocenters. The van der Waals surface area contributed by atoms with Crippen LogP contribution in [0, 0.1) is 0 Å². The highest BCUT2D eigenvalue weighted by atomic mass is 35.5. The Kier molecular flexibility index (Phi) is 5.63. The molecule has 1 heterocycles. The summed E-state index contributed by atoms with van der Waals surface area (Å²) in [6.07, 6.45) is 3.11. The van der Waals surface area contributed by atoms with Crippen molar-refractivity contribution in [2.24, 2.45) is 0 Å². The topological polar surface area (TPSA) is 50.4 Å². The molecule has 19 heavy (non-hydrogen) atoms. The van der Waals surface area contributed by atoms with E-state index in [1.54, 1.807) is 7.11 Å². The van der Waals surface area contributed by atoms with E-state index in [0.717, 1.165) is 37.2 Å². The molecule has 0 radical (unpaired) electrons. The molecule has 1 aliphatic heterocycles. The third-order valence-electron chi connectivity index (χ3n) is 3.45. The Bertz CT molecular complexity index is 431. The van der Waals surface area contributed by atoms with Crippen molar-refractivity contribution < 1.29 is 9.53 Å². The highest BCUT2D eigenvalue weighted by Gasteiger charge is 2.34. The lowest BCUT2D eigenvalue weighted by atomic mass is 9.90. The third kappa shape index (κ3) is 3.85. The number of carbonyl (C=O) groups is 1. The number of amides is 1. The zero-order valence-corrected chi connectivity index (χ0v) is 12.2. The van der Waals surface area contributed by atoms with Crippen LogP contribution >= 0.6 is 12.4 Å². The van der Waals surface area contributed by atoms with Crippen LogP contribution in [0.4, 0.5) is 5.69 Å². The molecule has 1 atom stereocenters. The minimum Gasteiger partial charge on any atom is -0.497 e. The summed E-state index contributed by atoms with van der Waals surface area (Å²) in [5.41, 5.74) is 0.314. The van der Waals surface area contributed by atoms with E-state index in [4.69, 9.17) is 4.74 Å². The van der Waals surface area contributed by atoms with E-state index >= 15 is 0 Å². The number of halogens is 1. The molecule has 5 heteroatoms. The summed E-state index contributed by atoms with van der Waals surface area (Å²) in [4.78, 5) is 12.3. The van der Waals surface area contributed by atoms with Gasteiger partial charge in [0.05, 0.1) is 12.6 Å². The number of hydrogen-bond acceptors (Lipinski definition) is 3. The lowest BCUT2D eigenvalue weighted by molar-refractivity contribution is -0.122. The van der Waals surface area contributed by atoms with Crippen molar-refractivity contribution in [1.29, 1.82) is 0 Å². The van der Waals surface area contributed by atoms with Gasteiger partial charge in [-0.15, -0.1) is 12.4 Å². The molecule has 0 bridgehead atoms. The van der Waals surface area contributed by atoms with Crippen molar-refractivity contribution in [3.8, 4) is 5.75 Å². The Morgan fingerprint density at radius 1 is 1.42 bits per heavy atom. The third-order valence-corrected chi connectivity index (χ3v) is 3.45. The maximum Gasteiger partial charge on any atom is 0.244 e. The Balaban J connectivity index is 0.00000180. The lowest BCUT2D eigenvalue weighted by Gasteiger charge is -2.33. The summed E-state index contributed by atoms with van der Waals surface area (Å²) in [5, 5.41) is 6.25. The van der Waals surface area contributed by atoms with Gasteiger partial charge in [0, 0.05) is 11.8 Å². The normalized spacial score (nSPS) is 22.2. The Labute approximate surface area is 120 Å². The minimum absolute atomic E-state index is 0. The fraction of sp³-hybridized carbons (Fsp3) is 0.500. The Morgan fingerprint density at radius 2 is 2.21 bits per heavy atom. The highest BCUT2D eigenvalue weighted by Crippen LogP contribution is 2.22. The fourth-order valence-electron chi connectivity index (χ4n) is 2.22. The van der Waals surface area contributed by atoms with E-state index in [2.05, 4.69) is 10.6 Å². The van der Waals surface area contributed by atoms with Crippen LogP contribution in [0.15, 0.2) is 24.3 Å². The lowest BCUT2D eigenvalue weighted by Crippen LogP contribution is -2.54. The number of nitrogens with one attached hydrogen (secondary N) is 2. The molecule has 4 nitrogen and oxygen atoms in total. The van der Waals surface area contributed by atoms with E-state index in [1.807, 2.05) is 31.2 Å². The average Bonchev–Trinajstić information content (AvgIpc) is 2.40. The molecule has 1 aromatic rings. The summed E-state index contributed by atoms with van der Waals surface area (Å²) in [7, 11) is 1.62. The fourth-order valence-corrected chi connectivity index (χ4v) is 2.22. The van der Waals surface area contributed by atoms with Crippen molar-refractivity contribution in [3.63, 3.8) is 0 Å². The summed E-state index contributed by atoms with van der Waals surface area (Å²) in [6.45, 7) is 2.86. The van der Waals surface area contributed by atoms with Crippen molar-refractivity contribution in [2.45, 2.75) is 31.7 Å². The van der Waals surface area contributed by atoms with Gasteiger partial charge in [-0.1, -0.05) is 6.07 Å². The van der Waals surface area contributed by atoms with Crippen molar-refractivity contribution in [1.82, 2.24) is 5.32 Å². The minimum atomic E-state index is -0.457. The molecular weight excluding hydrogens is 264 g/mol. The monoisotopic (exact) mass is 284 g/mol. The van der Waals surface area contributed by atoms with Crippen molar-refractivity contribution >= 4 is 24.0 Å². The van der Waals surface area contributed by atoms with Crippen molar-refractivity contribution in [3.05, 3.63) is 24.3 Å². The smallest absolute Gasteiger partial charge is 0.244 e. The summed E-state index contributed by atoms with van der Waals surface area (Å²) < 4.78 is 5.14. The van der Waals surface area contributed by atoms with E-state index < -0.39 is 5.54 Å². The molecule has 1 fully saturated rings. The predicted octanol–water partition coefficient (Wildman–Crippen LogP) is 2.59. The van der Waals surface area contributed by atoms with Crippen LogP contribution in [0.2, 0.25) is 0 Å². The van der Waals surface area contributed by atoms with Gasteiger partial charge in [0.1, 0.15) is 5.75 Å². The van der Waals surface area contributed by atoms with Gasteiger partial charge in [0.2, 0.25) is 5.91 Å². The number of piperidine rings is 1. The van der Waals surface area contributed by atoms with Crippen LogP contribution in [0.1, 0.15) is 26.2 Å². The first-order chi connectivity index (χ1) is 8.64. The Hall–Kier alpha value is -1.26. The van der Waals surface area contributed by atoms with E-state index in [1.165, 1.54) is 0 Å². The van der Waals surface area contributed by atoms with Crippen LogP contribution in [-0.4, -0.2) is 25.1 Å². The Morgan fingerprint density at radius 3 is 2.84 bits per heavy atom. The molecule has 0 saturated carbocycles. The maximum absolute atomic E-state index is 12.3. The number of hydrogen-bond donors (Lipinski definition) is 2. The van der Waals surface area contributed by atoms with Crippen molar-refractivity contribution in [2.75, 3.05) is 19.0 Å². The molecule has 0 aromatic heterocycles. The number of ether oxygens (including phenoxy) is 1. The molecule has 0 spiro atoms.